The minimum absolute atomic E-state index is 0.0348. The molecule has 0 radical (unpaired) electrons. The summed E-state index contributed by atoms with van der Waals surface area (Å²) in [5, 5.41) is 5.00. The maximum atomic E-state index is 13.4. The molecule has 2 aliphatic heterocycles. The largest absolute Gasteiger partial charge is 0.338 e. The van der Waals surface area contributed by atoms with Crippen molar-refractivity contribution in [3.63, 3.8) is 0 Å². The number of para-hydroxylation sites is 2. The van der Waals surface area contributed by atoms with Gasteiger partial charge in [0, 0.05) is 31.6 Å². The number of anilines is 2. The van der Waals surface area contributed by atoms with Crippen molar-refractivity contribution in [3.8, 4) is 0 Å². The Kier molecular flexibility index (Phi) is 5.82. The summed E-state index contributed by atoms with van der Waals surface area (Å²) in [7, 11) is 0. The lowest BCUT2D eigenvalue weighted by Crippen LogP contribution is -2.44. The maximum Gasteiger partial charge on any atom is 0.254 e. The lowest BCUT2D eigenvalue weighted by molar-refractivity contribution is -0.121. The third-order valence-corrected chi connectivity index (χ3v) is 6.63. The second-order valence-electron chi connectivity index (χ2n) is 8.77. The van der Waals surface area contributed by atoms with Crippen LogP contribution in [0.15, 0.2) is 66.7 Å². The minimum atomic E-state index is -0.292. The summed E-state index contributed by atoms with van der Waals surface area (Å²) in [6.45, 7) is 1.70. The highest BCUT2D eigenvalue weighted by Crippen LogP contribution is 2.31. The van der Waals surface area contributed by atoms with Gasteiger partial charge in [0.1, 0.15) is 0 Å². The summed E-state index contributed by atoms with van der Waals surface area (Å²) in [6.07, 6.45) is 2.88. The predicted octanol–water partition coefficient (Wildman–Crippen LogP) is 4.46. The molecule has 0 bridgehead atoms. The molecule has 0 aliphatic carbocycles. The number of carbonyl (C=O) groups excluding carboxylic acids is 3. The van der Waals surface area contributed by atoms with Crippen molar-refractivity contribution in [1.29, 1.82) is 0 Å². The van der Waals surface area contributed by atoms with Crippen molar-refractivity contribution in [3.05, 3.63) is 72.3 Å². The van der Waals surface area contributed by atoms with Gasteiger partial charge in [0.05, 0.1) is 17.3 Å². The van der Waals surface area contributed by atoms with Gasteiger partial charge in [-0.25, -0.2) is 0 Å². The Hall–Kier alpha value is -3.67. The van der Waals surface area contributed by atoms with Gasteiger partial charge in [0.15, 0.2) is 0 Å². The van der Waals surface area contributed by atoms with Gasteiger partial charge < -0.3 is 15.1 Å². The summed E-state index contributed by atoms with van der Waals surface area (Å²) < 4.78 is 0. The first-order chi connectivity index (χ1) is 16.1. The van der Waals surface area contributed by atoms with Gasteiger partial charge in [-0.1, -0.05) is 48.5 Å². The second kappa shape index (κ2) is 9.06. The highest BCUT2D eigenvalue weighted by Gasteiger charge is 2.31. The van der Waals surface area contributed by atoms with Gasteiger partial charge in [0.2, 0.25) is 11.8 Å². The summed E-state index contributed by atoms with van der Waals surface area (Å²) in [5.74, 6) is -0.349. The van der Waals surface area contributed by atoms with E-state index in [4.69, 9.17) is 0 Å². The average Bonchev–Trinajstić information content (AvgIpc) is 3.29. The predicted molar refractivity (Wildman–Crippen MR) is 129 cm³/mol. The van der Waals surface area contributed by atoms with Crippen LogP contribution in [-0.2, 0) is 9.59 Å². The average molecular weight is 442 g/mol. The van der Waals surface area contributed by atoms with Crippen molar-refractivity contribution in [1.82, 2.24) is 4.90 Å². The van der Waals surface area contributed by atoms with Crippen LogP contribution < -0.4 is 10.2 Å². The van der Waals surface area contributed by atoms with E-state index in [0.717, 1.165) is 35.7 Å². The van der Waals surface area contributed by atoms with Crippen molar-refractivity contribution in [2.45, 2.75) is 25.7 Å². The molecule has 5 rings (SSSR count). The van der Waals surface area contributed by atoms with E-state index < -0.39 is 0 Å². The smallest absolute Gasteiger partial charge is 0.254 e. The molecular weight excluding hydrogens is 414 g/mol. The number of amides is 3. The molecule has 1 atom stereocenters. The summed E-state index contributed by atoms with van der Waals surface area (Å²) in [6, 6.07) is 21.1. The molecule has 33 heavy (non-hydrogen) atoms. The Morgan fingerprint density at radius 3 is 2.52 bits per heavy atom. The quantitative estimate of drug-likeness (QED) is 0.650. The topological polar surface area (TPSA) is 69.7 Å². The molecule has 2 aliphatic rings. The molecule has 3 aromatic carbocycles. The first-order valence-electron chi connectivity index (χ1n) is 11.6. The Bertz CT molecular complexity index is 1220. The van der Waals surface area contributed by atoms with E-state index in [2.05, 4.69) is 5.32 Å². The summed E-state index contributed by atoms with van der Waals surface area (Å²) in [5.41, 5.74) is 2.06. The Morgan fingerprint density at radius 2 is 1.67 bits per heavy atom. The third kappa shape index (κ3) is 4.21. The molecular formula is C27H27N3O3. The Labute approximate surface area is 193 Å². The molecule has 1 N–H and O–H groups in total. The highest BCUT2D eigenvalue weighted by atomic mass is 16.2. The molecule has 6 nitrogen and oxygen atoms in total. The highest BCUT2D eigenvalue weighted by molar-refractivity contribution is 6.07. The molecule has 3 amide bonds. The number of hydrogen-bond acceptors (Lipinski definition) is 3. The molecule has 3 aromatic rings. The molecule has 2 saturated heterocycles. The first kappa shape index (κ1) is 21.2. The van der Waals surface area contributed by atoms with Crippen LogP contribution in [0.1, 0.15) is 36.0 Å². The van der Waals surface area contributed by atoms with Crippen LogP contribution in [-0.4, -0.2) is 42.3 Å². The number of hydrogen-bond donors (Lipinski definition) is 1. The zero-order valence-electron chi connectivity index (χ0n) is 18.5. The van der Waals surface area contributed by atoms with E-state index in [0.29, 0.717) is 37.3 Å². The van der Waals surface area contributed by atoms with Gasteiger partial charge in [-0.3, -0.25) is 14.4 Å². The minimum Gasteiger partial charge on any atom is -0.338 e. The number of carbonyl (C=O) groups is 3. The number of piperidine rings is 1. The van der Waals surface area contributed by atoms with Crippen LogP contribution in [0.4, 0.5) is 11.4 Å². The van der Waals surface area contributed by atoms with Gasteiger partial charge in [-0.05, 0) is 48.2 Å². The van der Waals surface area contributed by atoms with Crippen LogP contribution in [0.25, 0.3) is 10.8 Å². The standard InChI is InChI=1S/C27H27N3O3/c31-25-15-7-17-30(25)24-14-4-3-13-23(24)28-26(32)20-10-6-16-29(18-20)27(33)22-12-5-9-19-8-1-2-11-21(19)22/h1-5,8-9,11-14,20H,6-7,10,15-18H2,(H,28,32). The number of nitrogens with one attached hydrogen (secondary N) is 1. The monoisotopic (exact) mass is 441 g/mol. The van der Waals surface area contributed by atoms with Crippen LogP contribution in [0.3, 0.4) is 0 Å². The van der Waals surface area contributed by atoms with Crippen molar-refractivity contribution >= 4 is 39.9 Å². The lowest BCUT2D eigenvalue weighted by atomic mass is 9.95. The van der Waals surface area contributed by atoms with Crippen molar-refractivity contribution in [2.24, 2.45) is 5.92 Å². The molecule has 6 heteroatoms. The number of benzene rings is 3. The first-order valence-corrected chi connectivity index (χ1v) is 11.6. The molecule has 1 unspecified atom stereocenters. The zero-order chi connectivity index (χ0) is 22.8. The summed E-state index contributed by atoms with van der Waals surface area (Å²) >= 11 is 0. The fourth-order valence-corrected chi connectivity index (χ4v) is 4.91. The fourth-order valence-electron chi connectivity index (χ4n) is 4.91. The lowest BCUT2D eigenvalue weighted by Gasteiger charge is -2.32. The van der Waals surface area contributed by atoms with E-state index in [-0.39, 0.29) is 23.6 Å². The van der Waals surface area contributed by atoms with Crippen molar-refractivity contribution in [2.75, 3.05) is 29.9 Å². The van der Waals surface area contributed by atoms with Gasteiger partial charge in [-0.2, -0.15) is 0 Å². The van der Waals surface area contributed by atoms with E-state index in [1.165, 1.54) is 0 Å². The molecule has 2 heterocycles. The van der Waals surface area contributed by atoms with Crippen LogP contribution in [0.5, 0.6) is 0 Å². The zero-order valence-corrected chi connectivity index (χ0v) is 18.5. The molecule has 0 aromatic heterocycles. The summed E-state index contributed by atoms with van der Waals surface area (Å²) in [4.78, 5) is 42.3. The van der Waals surface area contributed by atoms with E-state index in [9.17, 15) is 14.4 Å². The SMILES string of the molecule is O=C(Nc1ccccc1N1CCCC1=O)C1CCCN(C(=O)c2cccc3ccccc23)C1. The molecule has 0 saturated carbocycles. The van der Waals surface area contributed by atoms with Crippen LogP contribution >= 0.6 is 0 Å². The molecule has 168 valence electrons. The van der Waals surface area contributed by atoms with Crippen LogP contribution in [0, 0.1) is 5.92 Å². The van der Waals surface area contributed by atoms with E-state index >= 15 is 0 Å². The Balaban J connectivity index is 1.32. The van der Waals surface area contributed by atoms with Gasteiger partial charge >= 0.3 is 0 Å². The second-order valence-corrected chi connectivity index (χ2v) is 8.77. The molecule has 0 spiro atoms. The maximum absolute atomic E-state index is 13.4. The normalized spacial score (nSPS) is 18.5. The van der Waals surface area contributed by atoms with E-state index in [1.54, 1.807) is 9.80 Å². The Morgan fingerprint density at radius 1 is 0.879 bits per heavy atom. The van der Waals surface area contributed by atoms with Gasteiger partial charge in [-0.15, -0.1) is 0 Å². The number of rotatable bonds is 4. The number of fused-ring (bicyclic) bond motifs is 1. The molecule has 2 fully saturated rings. The number of nitrogens with zero attached hydrogens (tertiary/aromatic N) is 2. The number of likely N-dealkylation sites (tertiary alicyclic amines) is 1. The van der Waals surface area contributed by atoms with Gasteiger partial charge in [0.25, 0.3) is 5.91 Å². The van der Waals surface area contributed by atoms with Crippen LogP contribution in [0.2, 0.25) is 0 Å². The fraction of sp³-hybridized carbons (Fsp3) is 0.296. The van der Waals surface area contributed by atoms with E-state index in [1.807, 2.05) is 66.7 Å². The van der Waals surface area contributed by atoms with Crippen molar-refractivity contribution < 1.29 is 14.4 Å². The third-order valence-electron chi connectivity index (χ3n) is 6.63.